The Morgan fingerprint density at radius 1 is 1.43 bits per heavy atom. The fourth-order valence-electron chi connectivity index (χ4n) is 1.69. The van der Waals surface area contributed by atoms with Crippen molar-refractivity contribution < 1.29 is 22.7 Å². The van der Waals surface area contributed by atoms with Gasteiger partial charge in [-0.25, -0.2) is 0 Å². The number of nitrogens with zero attached hydrogens (tertiary/aromatic N) is 1. The lowest BCUT2D eigenvalue weighted by molar-refractivity contribution is -0.142. The summed E-state index contributed by atoms with van der Waals surface area (Å²) in [4.78, 5) is 11.2. The minimum atomic E-state index is -4.52. The molecule has 1 aromatic rings. The Morgan fingerprint density at radius 3 is 2.57 bits per heavy atom. The second-order valence-corrected chi connectivity index (χ2v) is 5.07. The molecule has 0 radical (unpaired) electrons. The molecule has 0 amide bonds. The highest BCUT2D eigenvalue weighted by Gasteiger charge is 2.31. The Morgan fingerprint density at radius 2 is 2.10 bits per heavy atom. The summed E-state index contributed by atoms with van der Waals surface area (Å²) in [6.07, 6.45) is -0.183. The van der Waals surface area contributed by atoms with E-state index >= 15 is 0 Å². The molecule has 1 rings (SSSR count). The van der Waals surface area contributed by atoms with Gasteiger partial charge in [-0.05, 0) is 41.9 Å². The second kappa shape index (κ2) is 7.33. The van der Waals surface area contributed by atoms with Gasteiger partial charge in [-0.1, -0.05) is 0 Å². The van der Waals surface area contributed by atoms with Gasteiger partial charge < -0.3 is 10.5 Å². The summed E-state index contributed by atoms with van der Waals surface area (Å²) in [5.74, 6) is -0.556. The fraction of sp³-hybridized carbons (Fsp3) is 0.385. The van der Waals surface area contributed by atoms with Crippen LogP contribution in [0.3, 0.4) is 0 Å². The summed E-state index contributed by atoms with van der Waals surface area (Å²) in [6.45, 7) is 1.82. The van der Waals surface area contributed by atoms with Gasteiger partial charge in [0.1, 0.15) is 6.07 Å². The van der Waals surface area contributed by atoms with Crippen LogP contribution in [0.5, 0.6) is 0 Å². The van der Waals surface area contributed by atoms with Crippen molar-refractivity contribution in [1.82, 2.24) is 0 Å². The van der Waals surface area contributed by atoms with Gasteiger partial charge in [0, 0.05) is 11.4 Å². The van der Waals surface area contributed by atoms with Gasteiger partial charge in [-0.15, -0.1) is 0 Å². The summed E-state index contributed by atoms with van der Waals surface area (Å²) in [5.41, 5.74) is 1.66. The average molecular weight is 318 g/mol. The molecular weight excluding hydrogens is 305 g/mol. The van der Waals surface area contributed by atoms with Crippen molar-refractivity contribution in [3.05, 3.63) is 28.8 Å². The molecule has 0 heterocycles. The maximum atomic E-state index is 12.5. The zero-order valence-corrected chi connectivity index (χ0v) is 12.0. The number of hydrogen-bond donors (Lipinski definition) is 1. The third-order valence-electron chi connectivity index (χ3n) is 2.51. The molecule has 0 bridgehead atoms. The van der Waals surface area contributed by atoms with Gasteiger partial charge in [0.25, 0.3) is 0 Å². The van der Waals surface area contributed by atoms with Crippen LogP contribution in [-0.4, -0.2) is 18.1 Å². The van der Waals surface area contributed by atoms with E-state index in [4.69, 9.17) is 15.7 Å². The number of nitrogens with two attached hydrogens (primary N) is 1. The number of halogens is 3. The summed E-state index contributed by atoms with van der Waals surface area (Å²) >= 11 is -0.390. The number of carbonyl (C=O) groups excluding carboxylic acids is 1. The van der Waals surface area contributed by atoms with Crippen LogP contribution < -0.4 is 5.73 Å². The first-order valence-corrected chi connectivity index (χ1v) is 6.79. The van der Waals surface area contributed by atoms with Crippen LogP contribution in [0, 0.1) is 11.3 Å². The monoisotopic (exact) mass is 318 g/mol. The van der Waals surface area contributed by atoms with E-state index in [1.807, 2.05) is 0 Å². The largest absolute Gasteiger partial charge is 0.466 e. The van der Waals surface area contributed by atoms with E-state index in [0.717, 1.165) is 0 Å². The number of benzene rings is 1. The minimum absolute atomic E-state index is 0.0143. The Bertz CT molecular complexity index is 568. The third-order valence-corrected chi connectivity index (χ3v) is 3.30. The average Bonchev–Trinajstić information content (AvgIpc) is 2.37. The van der Waals surface area contributed by atoms with Crippen LogP contribution in [0.2, 0.25) is 0 Å². The molecule has 0 aliphatic rings. The highest BCUT2D eigenvalue weighted by atomic mass is 32.2. The van der Waals surface area contributed by atoms with Gasteiger partial charge in [0.2, 0.25) is 0 Å². The van der Waals surface area contributed by atoms with Crippen LogP contribution in [-0.2, 0) is 22.5 Å². The number of rotatable bonds is 5. The van der Waals surface area contributed by atoms with Crippen LogP contribution in [0.1, 0.15) is 23.6 Å². The van der Waals surface area contributed by atoms with E-state index in [1.165, 1.54) is 12.1 Å². The van der Waals surface area contributed by atoms with E-state index < -0.39 is 11.5 Å². The molecule has 1 aromatic carbocycles. The number of nitriles is 1. The number of hydrogen-bond acceptors (Lipinski definition) is 5. The maximum absolute atomic E-state index is 12.5. The van der Waals surface area contributed by atoms with E-state index in [2.05, 4.69) is 0 Å². The van der Waals surface area contributed by atoms with E-state index in [-0.39, 0.29) is 41.8 Å². The normalized spacial score (nSPS) is 11.0. The number of ether oxygens (including phenoxy) is 1. The molecule has 0 saturated heterocycles. The topological polar surface area (TPSA) is 76.1 Å². The van der Waals surface area contributed by atoms with Gasteiger partial charge in [0.15, 0.2) is 0 Å². The Hall–Kier alpha value is -1.72. The summed E-state index contributed by atoms with van der Waals surface area (Å²) in [7, 11) is 0. The SMILES string of the molecule is CCOC(=O)Cc1cc(SC(F)(F)F)c(C#N)cc1CN. The first-order valence-electron chi connectivity index (χ1n) is 5.98. The highest BCUT2D eigenvalue weighted by molar-refractivity contribution is 8.00. The molecule has 0 atom stereocenters. The van der Waals surface area contributed by atoms with Crippen molar-refractivity contribution in [2.75, 3.05) is 6.61 Å². The summed E-state index contributed by atoms with van der Waals surface area (Å²) in [6, 6.07) is 4.16. The molecule has 114 valence electrons. The second-order valence-electron chi connectivity index (χ2n) is 3.96. The smallest absolute Gasteiger partial charge is 0.446 e. The van der Waals surface area contributed by atoms with Crippen LogP contribution in [0.4, 0.5) is 13.2 Å². The first kappa shape index (κ1) is 17.3. The van der Waals surface area contributed by atoms with E-state index in [1.54, 1.807) is 13.0 Å². The lowest BCUT2D eigenvalue weighted by Gasteiger charge is -2.13. The number of thioether (sulfide) groups is 1. The molecule has 8 heteroatoms. The molecule has 2 N–H and O–H groups in total. The summed E-state index contributed by atoms with van der Waals surface area (Å²) in [5, 5.41) is 8.93. The predicted molar refractivity (Wildman–Crippen MR) is 71.3 cm³/mol. The van der Waals surface area contributed by atoms with Crippen molar-refractivity contribution in [3.8, 4) is 6.07 Å². The number of esters is 1. The molecule has 0 aliphatic heterocycles. The number of alkyl halides is 3. The lowest BCUT2D eigenvalue weighted by atomic mass is 10.0. The number of carbonyl (C=O) groups is 1. The molecule has 0 spiro atoms. The van der Waals surface area contributed by atoms with Crippen molar-refractivity contribution in [2.24, 2.45) is 5.73 Å². The van der Waals surface area contributed by atoms with Gasteiger partial charge in [-0.3, -0.25) is 4.79 Å². The third kappa shape index (κ3) is 5.28. The quantitative estimate of drug-likeness (QED) is 0.667. The van der Waals surface area contributed by atoms with E-state index in [0.29, 0.717) is 11.1 Å². The summed E-state index contributed by atoms with van der Waals surface area (Å²) < 4.78 is 42.2. The molecule has 0 saturated carbocycles. The molecule has 21 heavy (non-hydrogen) atoms. The van der Waals surface area contributed by atoms with Gasteiger partial charge in [-0.2, -0.15) is 18.4 Å². The Kier molecular flexibility index (Phi) is 6.05. The van der Waals surface area contributed by atoms with Gasteiger partial charge in [0.05, 0.1) is 18.6 Å². The molecule has 0 aliphatic carbocycles. The maximum Gasteiger partial charge on any atom is 0.446 e. The van der Waals surface area contributed by atoms with Crippen molar-refractivity contribution >= 4 is 17.7 Å². The zero-order chi connectivity index (χ0) is 16.0. The molecule has 0 aromatic heterocycles. The fourth-order valence-corrected chi connectivity index (χ4v) is 2.35. The Labute approximate surface area is 124 Å². The van der Waals surface area contributed by atoms with Crippen molar-refractivity contribution in [2.45, 2.75) is 30.3 Å². The molecule has 0 unspecified atom stereocenters. The zero-order valence-electron chi connectivity index (χ0n) is 11.2. The highest BCUT2D eigenvalue weighted by Crippen LogP contribution is 2.39. The molecule has 4 nitrogen and oxygen atoms in total. The molecule has 0 fully saturated rings. The van der Waals surface area contributed by atoms with Crippen molar-refractivity contribution in [1.29, 1.82) is 5.26 Å². The Balaban J connectivity index is 3.20. The van der Waals surface area contributed by atoms with Crippen LogP contribution in [0.15, 0.2) is 17.0 Å². The minimum Gasteiger partial charge on any atom is -0.466 e. The molecular formula is C13H13F3N2O2S. The van der Waals surface area contributed by atoms with E-state index in [9.17, 15) is 18.0 Å². The predicted octanol–water partition coefficient (Wildman–Crippen LogP) is 2.73. The van der Waals surface area contributed by atoms with Crippen LogP contribution >= 0.6 is 11.8 Å². The van der Waals surface area contributed by atoms with Crippen LogP contribution in [0.25, 0.3) is 0 Å². The standard InChI is InChI=1S/C13H13F3N2O2S/c1-2-20-12(19)5-8-4-11(21-13(14,15)16)10(7-18)3-9(8)6-17/h3-4H,2,5-6,17H2,1H3. The lowest BCUT2D eigenvalue weighted by Crippen LogP contribution is -2.12. The first-order chi connectivity index (χ1) is 9.80. The van der Waals surface area contributed by atoms with Crippen molar-refractivity contribution in [3.63, 3.8) is 0 Å². The van der Waals surface area contributed by atoms with Gasteiger partial charge >= 0.3 is 11.5 Å².